The Balaban J connectivity index is 4.27. The van der Waals surface area contributed by atoms with E-state index in [1.165, 1.54) is 6.07 Å². The molecular weight excluding hydrogens is 197 g/mol. The summed E-state index contributed by atoms with van der Waals surface area (Å²) in [5.74, 6) is -4.94. The first-order chi connectivity index (χ1) is 5.70. The highest BCUT2D eigenvalue weighted by Gasteiger charge is 2.57. The summed E-state index contributed by atoms with van der Waals surface area (Å²) >= 11 is 0. The number of hydrogen-bond donors (Lipinski definition) is 1. The third-order valence-electron chi connectivity index (χ3n) is 1.23. The van der Waals surface area contributed by atoms with E-state index in [0.29, 0.717) is 0 Å². The Bertz CT molecular complexity index is 206. The smallest absolute Gasteiger partial charge is 0.392 e. The van der Waals surface area contributed by atoms with Crippen molar-refractivity contribution in [1.29, 1.82) is 5.26 Å². The molecule has 0 radical (unpaired) electrons. The second-order valence-corrected chi connectivity index (χ2v) is 2.42. The quantitative estimate of drug-likeness (QED) is 0.711. The van der Waals surface area contributed by atoms with Crippen LogP contribution in [-0.2, 0) is 0 Å². The molecule has 0 saturated carbocycles. The second-order valence-electron chi connectivity index (χ2n) is 2.42. The first-order valence-electron chi connectivity index (χ1n) is 3.20. The van der Waals surface area contributed by atoms with Crippen molar-refractivity contribution in [1.82, 2.24) is 0 Å². The van der Waals surface area contributed by atoms with Gasteiger partial charge < -0.3 is 5.11 Å². The fourth-order valence-corrected chi connectivity index (χ4v) is 0.589. The van der Waals surface area contributed by atoms with E-state index in [4.69, 9.17) is 10.4 Å². The largest absolute Gasteiger partial charge is 0.453 e. The van der Waals surface area contributed by atoms with Crippen LogP contribution in [0.5, 0.6) is 0 Å². The average molecular weight is 203 g/mol. The Hall–Kier alpha value is -0.900. The molecule has 0 aromatic carbocycles. The van der Waals surface area contributed by atoms with Crippen LogP contribution in [0.1, 0.15) is 12.8 Å². The summed E-state index contributed by atoms with van der Waals surface area (Å²) < 4.78 is 58.7. The van der Waals surface area contributed by atoms with E-state index in [0.717, 1.165) is 0 Å². The van der Waals surface area contributed by atoms with Crippen molar-refractivity contribution in [2.75, 3.05) is 0 Å². The summed E-state index contributed by atoms with van der Waals surface area (Å²) in [5.41, 5.74) is 0. The van der Waals surface area contributed by atoms with Gasteiger partial charge in [0.25, 0.3) is 0 Å². The molecule has 0 spiro atoms. The minimum Gasteiger partial charge on any atom is -0.392 e. The van der Waals surface area contributed by atoms with E-state index in [9.17, 15) is 22.0 Å². The standard InChI is InChI=1S/C6H6F5NO/c7-5(8,6(9,10)11)3-4(13)1-2-12/h4,13H,1,3H2. The Morgan fingerprint density at radius 3 is 2.00 bits per heavy atom. The number of alkyl halides is 5. The third-order valence-corrected chi connectivity index (χ3v) is 1.23. The lowest BCUT2D eigenvalue weighted by Gasteiger charge is -2.21. The maximum absolute atomic E-state index is 12.1. The van der Waals surface area contributed by atoms with E-state index in [-0.39, 0.29) is 0 Å². The van der Waals surface area contributed by atoms with Crippen LogP contribution in [0.2, 0.25) is 0 Å². The predicted molar refractivity (Wildman–Crippen MR) is 31.9 cm³/mol. The Morgan fingerprint density at radius 2 is 1.69 bits per heavy atom. The van der Waals surface area contributed by atoms with Crippen LogP contribution in [-0.4, -0.2) is 23.3 Å². The molecule has 0 aliphatic heterocycles. The fraction of sp³-hybridized carbons (Fsp3) is 0.833. The second kappa shape index (κ2) is 3.87. The molecule has 0 amide bonds. The highest BCUT2D eigenvalue weighted by Crippen LogP contribution is 2.39. The summed E-state index contributed by atoms with van der Waals surface area (Å²) in [6.45, 7) is 0. The SMILES string of the molecule is N#CCC(O)CC(F)(F)C(F)(F)F. The monoisotopic (exact) mass is 203 g/mol. The number of aliphatic hydroxyl groups is 1. The summed E-state index contributed by atoms with van der Waals surface area (Å²) in [7, 11) is 0. The van der Waals surface area contributed by atoms with Gasteiger partial charge in [0.2, 0.25) is 0 Å². The van der Waals surface area contributed by atoms with Crippen LogP contribution >= 0.6 is 0 Å². The van der Waals surface area contributed by atoms with Gasteiger partial charge in [0.1, 0.15) is 0 Å². The zero-order valence-corrected chi connectivity index (χ0v) is 6.28. The van der Waals surface area contributed by atoms with Gasteiger partial charge >= 0.3 is 12.1 Å². The molecule has 76 valence electrons. The first kappa shape index (κ1) is 12.1. The van der Waals surface area contributed by atoms with Crippen molar-refractivity contribution >= 4 is 0 Å². The molecule has 1 N–H and O–H groups in total. The molecule has 0 saturated heterocycles. The molecule has 0 bridgehead atoms. The molecule has 0 rings (SSSR count). The summed E-state index contributed by atoms with van der Waals surface area (Å²) in [4.78, 5) is 0. The molecule has 0 fully saturated rings. The van der Waals surface area contributed by atoms with E-state index in [1.807, 2.05) is 0 Å². The van der Waals surface area contributed by atoms with Crippen molar-refractivity contribution in [3.05, 3.63) is 0 Å². The first-order valence-corrected chi connectivity index (χ1v) is 3.20. The number of rotatable bonds is 3. The molecule has 0 aromatic heterocycles. The van der Waals surface area contributed by atoms with Crippen molar-refractivity contribution in [2.45, 2.75) is 31.0 Å². The zero-order chi connectivity index (χ0) is 10.7. The van der Waals surface area contributed by atoms with Crippen LogP contribution in [0, 0.1) is 11.3 Å². The number of aliphatic hydroxyl groups excluding tert-OH is 1. The van der Waals surface area contributed by atoms with Crippen LogP contribution in [0.3, 0.4) is 0 Å². The molecule has 0 aliphatic rings. The summed E-state index contributed by atoms with van der Waals surface area (Å²) in [5, 5.41) is 16.4. The third kappa shape index (κ3) is 3.55. The molecule has 1 atom stereocenters. The molecule has 13 heavy (non-hydrogen) atoms. The number of nitriles is 1. The number of nitrogens with zero attached hydrogens (tertiary/aromatic N) is 1. The van der Waals surface area contributed by atoms with Gasteiger partial charge in [-0.2, -0.15) is 27.2 Å². The van der Waals surface area contributed by atoms with E-state index in [1.54, 1.807) is 0 Å². The summed E-state index contributed by atoms with van der Waals surface area (Å²) in [6.07, 6.45) is -10.2. The molecular formula is C6H6F5NO. The number of halogens is 5. The highest BCUT2D eigenvalue weighted by molar-refractivity contribution is 4.83. The maximum atomic E-state index is 12.1. The van der Waals surface area contributed by atoms with E-state index < -0.39 is 31.0 Å². The molecule has 0 aliphatic carbocycles. The Morgan fingerprint density at radius 1 is 1.23 bits per heavy atom. The van der Waals surface area contributed by atoms with Gasteiger partial charge in [-0.3, -0.25) is 0 Å². The molecule has 7 heteroatoms. The van der Waals surface area contributed by atoms with Crippen LogP contribution in [0.15, 0.2) is 0 Å². The topological polar surface area (TPSA) is 44.0 Å². The van der Waals surface area contributed by atoms with Gasteiger partial charge in [-0.25, -0.2) is 0 Å². The van der Waals surface area contributed by atoms with Gasteiger partial charge in [0, 0.05) is 6.42 Å². The maximum Gasteiger partial charge on any atom is 0.453 e. The Kier molecular flexibility index (Phi) is 3.60. The lowest BCUT2D eigenvalue weighted by Crippen LogP contribution is -2.39. The van der Waals surface area contributed by atoms with E-state index in [2.05, 4.69) is 0 Å². The minimum absolute atomic E-state index is 0.744. The van der Waals surface area contributed by atoms with Gasteiger partial charge in [-0.05, 0) is 0 Å². The van der Waals surface area contributed by atoms with Crippen LogP contribution < -0.4 is 0 Å². The molecule has 2 nitrogen and oxygen atoms in total. The summed E-state index contributed by atoms with van der Waals surface area (Å²) in [6, 6.07) is 1.29. The van der Waals surface area contributed by atoms with Crippen molar-refractivity contribution in [3.8, 4) is 6.07 Å². The average Bonchev–Trinajstić information content (AvgIpc) is 1.83. The fourth-order valence-electron chi connectivity index (χ4n) is 0.589. The van der Waals surface area contributed by atoms with Crippen molar-refractivity contribution in [2.24, 2.45) is 0 Å². The van der Waals surface area contributed by atoms with Gasteiger partial charge in [-0.1, -0.05) is 0 Å². The molecule has 0 aromatic rings. The Labute approximate surface area is 70.6 Å². The van der Waals surface area contributed by atoms with Gasteiger partial charge in [0.05, 0.1) is 18.6 Å². The van der Waals surface area contributed by atoms with E-state index >= 15 is 0 Å². The highest BCUT2D eigenvalue weighted by atomic mass is 19.4. The minimum atomic E-state index is -5.68. The molecule has 1 unspecified atom stereocenters. The van der Waals surface area contributed by atoms with Crippen molar-refractivity contribution in [3.63, 3.8) is 0 Å². The normalized spacial score (nSPS) is 15.2. The van der Waals surface area contributed by atoms with Crippen LogP contribution in [0.4, 0.5) is 22.0 Å². The molecule has 0 heterocycles. The van der Waals surface area contributed by atoms with Crippen LogP contribution in [0.25, 0.3) is 0 Å². The van der Waals surface area contributed by atoms with Gasteiger partial charge in [-0.15, -0.1) is 0 Å². The lowest BCUT2D eigenvalue weighted by atomic mass is 10.1. The lowest BCUT2D eigenvalue weighted by molar-refractivity contribution is -0.290. The number of hydrogen-bond acceptors (Lipinski definition) is 2. The predicted octanol–water partition coefficient (Wildman–Crippen LogP) is 1.85. The van der Waals surface area contributed by atoms with Crippen molar-refractivity contribution < 1.29 is 27.1 Å². The zero-order valence-electron chi connectivity index (χ0n) is 6.28. The van der Waals surface area contributed by atoms with Gasteiger partial charge in [0.15, 0.2) is 0 Å².